The molecule has 0 radical (unpaired) electrons. The van der Waals surface area contributed by atoms with E-state index in [1.54, 1.807) is 0 Å². The maximum atomic E-state index is 11.3. The van der Waals surface area contributed by atoms with Gasteiger partial charge in [0.15, 0.2) is 0 Å². The number of aliphatic carboxylic acids is 1. The summed E-state index contributed by atoms with van der Waals surface area (Å²) in [6.45, 7) is 4.07. The highest BCUT2D eigenvalue weighted by atomic mass is 16.4. The van der Waals surface area contributed by atoms with Gasteiger partial charge in [0, 0.05) is 0 Å². The second kappa shape index (κ2) is 3.37. The van der Waals surface area contributed by atoms with Crippen molar-refractivity contribution in [3.63, 3.8) is 0 Å². The highest BCUT2D eigenvalue weighted by Gasteiger charge is 2.60. The molecule has 0 aromatic heterocycles. The Bertz CT molecular complexity index is 380. The molecule has 0 saturated heterocycles. The Labute approximate surface area is 89.9 Å². The lowest BCUT2D eigenvalue weighted by Crippen LogP contribution is -2.22. The molecule has 1 aliphatic carbocycles. The summed E-state index contributed by atoms with van der Waals surface area (Å²) in [5, 5.41) is 9.33. The Balaban J connectivity index is 2.36. The predicted molar refractivity (Wildman–Crippen MR) is 58.9 cm³/mol. The monoisotopic (exact) mass is 204 g/mol. The van der Waals surface area contributed by atoms with E-state index in [-0.39, 0.29) is 0 Å². The predicted octanol–water partition coefficient (Wildman–Crippen LogP) is 2.75. The lowest BCUT2D eigenvalue weighted by atomic mass is 9.92. The maximum absolute atomic E-state index is 11.3. The first-order valence-electron chi connectivity index (χ1n) is 5.41. The van der Waals surface area contributed by atoms with Crippen molar-refractivity contribution >= 4 is 5.97 Å². The first-order chi connectivity index (χ1) is 7.11. The number of hydrogen-bond acceptors (Lipinski definition) is 1. The molecule has 0 spiro atoms. The molecule has 0 bridgehead atoms. The van der Waals surface area contributed by atoms with E-state index < -0.39 is 11.4 Å². The van der Waals surface area contributed by atoms with Gasteiger partial charge in [-0.3, -0.25) is 4.79 Å². The van der Waals surface area contributed by atoms with Gasteiger partial charge in [-0.1, -0.05) is 43.2 Å². The molecule has 15 heavy (non-hydrogen) atoms. The third-order valence-electron chi connectivity index (χ3n) is 3.55. The van der Waals surface area contributed by atoms with Crippen LogP contribution in [-0.2, 0) is 10.2 Å². The number of carboxylic acids is 1. The van der Waals surface area contributed by atoms with Gasteiger partial charge in [0.1, 0.15) is 0 Å². The van der Waals surface area contributed by atoms with Gasteiger partial charge in [0.2, 0.25) is 0 Å². The minimum atomic E-state index is -0.668. The first-order valence-corrected chi connectivity index (χ1v) is 5.41. The minimum Gasteiger partial charge on any atom is -0.481 e. The zero-order valence-electron chi connectivity index (χ0n) is 9.16. The fourth-order valence-electron chi connectivity index (χ4n) is 2.41. The molecule has 1 N–H and O–H groups in total. The molecule has 2 rings (SSSR count). The van der Waals surface area contributed by atoms with Crippen LogP contribution in [0.15, 0.2) is 24.3 Å². The van der Waals surface area contributed by atoms with Crippen molar-refractivity contribution in [3.05, 3.63) is 35.4 Å². The van der Waals surface area contributed by atoms with Crippen LogP contribution in [-0.4, -0.2) is 11.1 Å². The largest absolute Gasteiger partial charge is 0.481 e. The normalized spacial score (nSPS) is 28.8. The van der Waals surface area contributed by atoms with Crippen LogP contribution in [0, 0.1) is 12.8 Å². The average molecular weight is 204 g/mol. The number of benzene rings is 1. The minimum absolute atomic E-state index is 0.317. The Hall–Kier alpha value is -1.31. The van der Waals surface area contributed by atoms with Gasteiger partial charge in [0.05, 0.1) is 5.41 Å². The van der Waals surface area contributed by atoms with E-state index >= 15 is 0 Å². The van der Waals surface area contributed by atoms with Crippen LogP contribution in [0.2, 0.25) is 0 Å². The Morgan fingerprint density at radius 1 is 1.47 bits per heavy atom. The van der Waals surface area contributed by atoms with Crippen LogP contribution in [0.5, 0.6) is 0 Å². The summed E-state index contributed by atoms with van der Waals surface area (Å²) in [6, 6.07) is 7.90. The molecule has 2 atom stereocenters. The zero-order valence-corrected chi connectivity index (χ0v) is 9.16. The summed E-state index contributed by atoms with van der Waals surface area (Å²) in [6.07, 6.45) is 1.74. The van der Waals surface area contributed by atoms with Gasteiger partial charge in [-0.2, -0.15) is 0 Å². The Morgan fingerprint density at radius 3 is 2.47 bits per heavy atom. The third-order valence-corrected chi connectivity index (χ3v) is 3.55. The first kappa shape index (κ1) is 10.2. The fraction of sp³-hybridized carbons (Fsp3) is 0.462. The molecule has 1 aromatic rings. The molecule has 80 valence electrons. The van der Waals surface area contributed by atoms with Crippen molar-refractivity contribution in [2.24, 2.45) is 5.92 Å². The van der Waals surface area contributed by atoms with Gasteiger partial charge in [0.25, 0.3) is 0 Å². The topological polar surface area (TPSA) is 37.3 Å². The molecule has 1 fully saturated rings. The molecule has 0 heterocycles. The quantitative estimate of drug-likeness (QED) is 0.822. The summed E-state index contributed by atoms with van der Waals surface area (Å²) >= 11 is 0. The van der Waals surface area contributed by atoms with Gasteiger partial charge in [-0.05, 0) is 24.8 Å². The molecule has 0 aliphatic heterocycles. The van der Waals surface area contributed by atoms with E-state index in [1.807, 2.05) is 31.2 Å². The van der Waals surface area contributed by atoms with E-state index in [2.05, 4.69) is 6.92 Å². The highest BCUT2D eigenvalue weighted by molar-refractivity contribution is 5.85. The van der Waals surface area contributed by atoms with E-state index in [1.165, 1.54) is 5.56 Å². The maximum Gasteiger partial charge on any atom is 0.314 e. The van der Waals surface area contributed by atoms with Crippen molar-refractivity contribution in [2.45, 2.75) is 32.1 Å². The molecule has 2 nitrogen and oxygen atoms in total. The summed E-state index contributed by atoms with van der Waals surface area (Å²) in [5.41, 5.74) is 1.56. The average Bonchev–Trinajstić information content (AvgIpc) is 2.94. The zero-order chi connectivity index (χ0) is 11.1. The number of hydrogen-bond donors (Lipinski definition) is 1. The summed E-state index contributed by atoms with van der Waals surface area (Å²) < 4.78 is 0. The van der Waals surface area contributed by atoms with Crippen LogP contribution < -0.4 is 0 Å². The molecule has 2 unspecified atom stereocenters. The molecule has 1 aliphatic rings. The van der Waals surface area contributed by atoms with Gasteiger partial charge >= 0.3 is 5.97 Å². The fourth-order valence-corrected chi connectivity index (χ4v) is 2.41. The van der Waals surface area contributed by atoms with Gasteiger partial charge in [-0.15, -0.1) is 0 Å². The van der Waals surface area contributed by atoms with Crippen LogP contribution in [0.1, 0.15) is 30.9 Å². The van der Waals surface area contributed by atoms with Crippen molar-refractivity contribution in [1.29, 1.82) is 0 Å². The summed E-state index contributed by atoms with van der Waals surface area (Å²) in [7, 11) is 0. The summed E-state index contributed by atoms with van der Waals surface area (Å²) in [5.74, 6) is -0.351. The van der Waals surface area contributed by atoms with Crippen LogP contribution in [0.3, 0.4) is 0 Å². The lowest BCUT2D eigenvalue weighted by Gasteiger charge is -2.12. The molecule has 2 heteroatoms. The number of carbonyl (C=O) groups is 1. The molecular weight excluding hydrogens is 188 g/mol. The van der Waals surface area contributed by atoms with Crippen molar-refractivity contribution in [3.8, 4) is 0 Å². The van der Waals surface area contributed by atoms with E-state index in [4.69, 9.17) is 0 Å². The van der Waals surface area contributed by atoms with Crippen LogP contribution in [0.25, 0.3) is 0 Å². The second-order valence-electron chi connectivity index (χ2n) is 4.45. The Morgan fingerprint density at radius 2 is 2.07 bits per heavy atom. The molecule has 1 saturated carbocycles. The number of carboxylic acid groups (broad SMARTS) is 1. The second-order valence-corrected chi connectivity index (χ2v) is 4.45. The van der Waals surface area contributed by atoms with Gasteiger partial charge in [-0.25, -0.2) is 0 Å². The highest BCUT2D eigenvalue weighted by Crippen LogP contribution is 2.56. The van der Waals surface area contributed by atoms with Crippen LogP contribution >= 0.6 is 0 Å². The lowest BCUT2D eigenvalue weighted by molar-refractivity contribution is -0.140. The van der Waals surface area contributed by atoms with Crippen molar-refractivity contribution in [1.82, 2.24) is 0 Å². The SMILES string of the molecule is CCC1CC1(C(=O)O)c1ccc(C)cc1. The van der Waals surface area contributed by atoms with E-state index in [9.17, 15) is 9.90 Å². The number of aryl methyl sites for hydroxylation is 1. The third kappa shape index (κ3) is 1.44. The molecule has 0 amide bonds. The number of rotatable bonds is 3. The Kier molecular flexibility index (Phi) is 2.29. The smallest absolute Gasteiger partial charge is 0.314 e. The molecular formula is C13H16O2. The van der Waals surface area contributed by atoms with Crippen LogP contribution in [0.4, 0.5) is 0 Å². The van der Waals surface area contributed by atoms with E-state index in [0.717, 1.165) is 18.4 Å². The standard InChI is InChI=1S/C13H16O2/c1-3-10-8-13(10,12(14)15)11-6-4-9(2)5-7-11/h4-7,10H,3,8H2,1-2H3,(H,14,15). The van der Waals surface area contributed by atoms with Gasteiger partial charge < -0.3 is 5.11 Å². The summed E-state index contributed by atoms with van der Waals surface area (Å²) in [4.78, 5) is 11.3. The van der Waals surface area contributed by atoms with Crippen molar-refractivity contribution in [2.75, 3.05) is 0 Å². The van der Waals surface area contributed by atoms with E-state index in [0.29, 0.717) is 5.92 Å². The molecule has 1 aromatic carbocycles. The van der Waals surface area contributed by atoms with Crippen molar-refractivity contribution < 1.29 is 9.90 Å².